The summed E-state index contributed by atoms with van der Waals surface area (Å²) in [4.78, 5) is 3.78. The largest absolute Gasteiger partial charge is 0.358 e. The lowest BCUT2D eigenvalue weighted by Crippen LogP contribution is -2.35. The molecule has 0 saturated carbocycles. The SMILES string of the molecule is Cc1ccc2[nH]c3c(c2c1)CC(NS(=O)(=O)c1ccc(C)c(C)c1)C3. The molecule has 1 aromatic heterocycles. The Morgan fingerprint density at radius 1 is 1.00 bits per heavy atom. The standard InChI is InChI=1S/C20H22N2O2S/c1-12-4-7-19-17(8-12)18-10-15(11-20(18)21-19)22-25(23,24)16-6-5-13(2)14(3)9-16/h4-9,15,21-22H,10-11H2,1-3H3. The molecule has 1 heterocycles. The molecule has 0 amide bonds. The molecule has 0 aliphatic heterocycles. The van der Waals surface area contributed by atoms with Crippen molar-refractivity contribution in [3.05, 3.63) is 64.3 Å². The summed E-state index contributed by atoms with van der Waals surface area (Å²) in [6.45, 7) is 5.99. The van der Waals surface area contributed by atoms with E-state index in [2.05, 4.69) is 34.8 Å². The van der Waals surface area contributed by atoms with Crippen molar-refractivity contribution in [2.24, 2.45) is 0 Å². The van der Waals surface area contributed by atoms with Gasteiger partial charge in [0.2, 0.25) is 10.0 Å². The molecule has 0 radical (unpaired) electrons. The van der Waals surface area contributed by atoms with Crippen LogP contribution in [0.1, 0.15) is 27.9 Å². The average Bonchev–Trinajstić information content (AvgIpc) is 3.06. The molecular formula is C20H22N2O2S. The van der Waals surface area contributed by atoms with E-state index < -0.39 is 10.0 Å². The number of fused-ring (bicyclic) bond motifs is 3. The summed E-state index contributed by atoms with van der Waals surface area (Å²) in [6, 6.07) is 11.5. The minimum Gasteiger partial charge on any atom is -0.358 e. The van der Waals surface area contributed by atoms with Crippen LogP contribution in [-0.2, 0) is 22.9 Å². The number of hydrogen-bond acceptors (Lipinski definition) is 2. The molecule has 0 bridgehead atoms. The zero-order valence-electron chi connectivity index (χ0n) is 14.7. The number of aromatic nitrogens is 1. The van der Waals surface area contributed by atoms with Crippen molar-refractivity contribution in [3.63, 3.8) is 0 Å². The Bertz CT molecular complexity index is 1080. The van der Waals surface area contributed by atoms with Crippen molar-refractivity contribution in [3.8, 4) is 0 Å². The van der Waals surface area contributed by atoms with E-state index in [9.17, 15) is 8.42 Å². The first kappa shape index (κ1) is 16.4. The smallest absolute Gasteiger partial charge is 0.240 e. The molecule has 4 rings (SSSR count). The molecule has 1 aliphatic rings. The molecule has 0 saturated heterocycles. The van der Waals surface area contributed by atoms with Gasteiger partial charge in [0.15, 0.2) is 0 Å². The Morgan fingerprint density at radius 3 is 2.56 bits per heavy atom. The summed E-state index contributed by atoms with van der Waals surface area (Å²) in [7, 11) is -3.50. The van der Waals surface area contributed by atoms with Gasteiger partial charge in [-0.2, -0.15) is 0 Å². The van der Waals surface area contributed by atoms with E-state index >= 15 is 0 Å². The van der Waals surface area contributed by atoms with Gasteiger partial charge in [-0.25, -0.2) is 13.1 Å². The third-order valence-electron chi connectivity index (χ3n) is 5.16. The highest BCUT2D eigenvalue weighted by Gasteiger charge is 2.29. The van der Waals surface area contributed by atoms with Gasteiger partial charge >= 0.3 is 0 Å². The van der Waals surface area contributed by atoms with Crippen LogP contribution < -0.4 is 4.72 Å². The number of rotatable bonds is 3. The summed E-state index contributed by atoms with van der Waals surface area (Å²) in [5, 5.41) is 1.21. The lowest BCUT2D eigenvalue weighted by atomic mass is 10.1. The van der Waals surface area contributed by atoms with Crippen molar-refractivity contribution in [1.82, 2.24) is 9.71 Å². The molecule has 0 fully saturated rings. The Kier molecular flexibility index (Phi) is 3.74. The van der Waals surface area contributed by atoms with Crippen LogP contribution in [0.2, 0.25) is 0 Å². The van der Waals surface area contributed by atoms with Gasteiger partial charge in [0.25, 0.3) is 0 Å². The fraction of sp³-hybridized carbons (Fsp3) is 0.300. The summed E-state index contributed by atoms with van der Waals surface area (Å²) >= 11 is 0. The molecule has 4 nitrogen and oxygen atoms in total. The molecule has 5 heteroatoms. The lowest BCUT2D eigenvalue weighted by Gasteiger charge is -2.14. The minimum atomic E-state index is -3.50. The van der Waals surface area contributed by atoms with Crippen LogP contribution in [0.15, 0.2) is 41.3 Å². The van der Waals surface area contributed by atoms with Gasteiger partial charge in [0.1, 0.15) is 0 Å². The summed E-state index contributed by atoms with van der Waals surface area (Å²) < 4.78 is 28.3. The molecule has 0 spiro atoms. The predicted molar refractivity (Wildman–Crippen MR) is 100 cm³/mol. The molecular weight excluding hydrogens is 332 g/mol. The second-order valence-corrected chi connectivity index (χ2v) is 8.82. The van der Waals surface area contributed by atoms with E-state index in [4.69, 9.17) is 0 Å². The van der Waals surface area contributed by atoms with Gasteiger partial charge in [-0.05, 0) is 68.1 Å². The number of hydrogen-bond donors (Lipinski definition) is 2. The molecule has 1 aliphatic carbocycles. The molecule has 2 aromatic carbocycles. The number of aryl methyl sites for hydroxylation is 3. The van der Waals surface area contributed by atoms with Crippen LogP contribution in [0.5, 0.6) is 0 Å². The van der Waals surface area contributed by atoms with Gasteiger partial charge in [-0.15, -0.1) is 0 Å². The summed E-state index contributed by atoms with van der Waals surface area (Å²) in [5.74, 6) is 0. The molecule has 3 aromatic rings. The fourth-order valence-electron chi connectivity index (χ4n) is 3.64. The van der Waals surface area contributed by atoms with Crippen LogP contribution in [0.25, 0.3) is 10.9 Å². The Labute approximate surface area is 148 Å². The van der Waals surface area contributed by atoms with E-state index in [0.29, 0.717) is 11.3 Å². The highest BCUT2D eigenvalue weighted by molar-refractivity contribution is 7.89. The maximum Gasteiger partial charge on any atom is 0.240 e. The second-order valence-electron chi connectivity index (χ2n) is 7.10. The highest BCUT2D eigenvalue weighted by Crippen LogP contribution is 2.31. The molecule has 1 atom stereocenters. The predicted octanol–water partition coefficient (Wildman–Crippen LogP) is 3.54. The van der Waals surface area contributed by atoms with Gasteiger partial charge in [0.05, 0.1) is 4.90 Å². The van der Waals surface area contributed by atoms with Crippen molar-refractivity contribution in [2.75, 3.05) is 0 Å². The number of benzene rings is 2. The van der Waals surface area contributed by atoms with Gasteiger partial charge in [-0.3, -0.25) is 0 Å². The number of sulfonamides is 1. The Morgan fingerprint density at radius 2 is 1.80 bits per heavy atom. The van der Waals surface area contributed by atoms with Crippen molar-refractivity contribution >= 4 is 20.9 Å². The topological polar surface area (TPSA) is 62.0 Å². The monoisotopic (exact) mass is 354 g/mol. The maximum atomic E-state index is 12.7. The number of nitrogens with one attached hydrogen (secondary N) is 2. The first-order valence-electron chi connectivity index (χ1n) is 8.53. The summed E-state index contributed by atoms with van der Waals surface area (Å²) in [6.07, 6.45) is 1.43. The first-order chi connectivity index (χ1) is 11.8. The minimum absolute atomic E-state index is 0.0993. The third-order valence-corrected chi connectivity index (χ3v) is 6.68. The number of aromatic amines is 1. The van der Waals surface area contributed by atoms with Crippen LogP contribution in [0, 0.1) is 20.8 Å². The quantitative estimate of drug-likeness (QED) is 0.756. The van der Waals surface area contributed by atoms with Crippen molar-refractivity contribution in [2.45, 2.75) is 44.6 Å². The van der Waals surface area contributed by atoms with Crippen LogP contribution in [-0.4, -0.2) is 19.4 Å². The van der Waals surface area contributed by atoms with Gasteiger partial charge in [-0.1, -0.05) is 17.7 Å². The number of H-pyrrole nitrogens is 1. The van der Waals surface area contributed by atoms with E-state index in [1.807, 2.05) is 19.9 Å². The van der Waals surface area contributed by atoms with E-state index in [-0.39, 0.29) is 6.04 Å². The van der Waals surface area contributed by atoms with Crippen molar-refractivity contribution in [1.29, 1.82) is 0 Å². The normalized spacial score (nSPS) is 17.2. The summed E-state index contributed by atoms with van der Waals surface area (Å²) in [5.41, 5.74) is 6.82. The third kappa shape index (κ3) is 2.87. The van der Waals surface area contributed by atoms with Crippen LogP contribution >= 0.6 is 0 Å². The molecule has 25 heavy (non-hydrogen) atoms. The highest BCUT2D eigenvalue weighted by atomic mass is 32.2. The molecule has 130 valence electrons. The van der Waals surface area contributed by atoms with E-state index in [1.54, 1.807) is 12.1 Å². The molecule has 1 unspecified atom stereocenters. The Hall–Kier alpha value is -2.11. The van der Waals surface area contributed by atoms with Gasteiger partial charge < -0.3 is 4.98 Å². The van der Waals surface area contributed by atoms with Crippen LogP contribution in [0.3, 0.4) is 0 Å². The zero-order valence-corrected chi connectivity index (χ0v) is 15.5. The lowest BCUT2D eigenvalue weighted by molar-refractivity contribution is 0.555. The molecule has 2 N–H and O–H groups in total. The van der Waals surface area contributed by atoms with Crippen molar-refractivity contribution < 1.29 is 8.42 Å². The average molecular weight is 354 g/mol. The van der Waals surface area contributed by atoms with Crippen LogP contribution in [0.4, 0.5) is 0 Å². The zero-order chi connectivity index (χ0) is 17.8. The fourth-order valence-corrected chi connectivity index (χ4v) is 4.96. The van der Waals surface area contributed by atoms with E-state index in [1.165, 1.54) is 16.5 Å². The Balaban J connectivity index is 1.59. The second kappa shape index (κ2) is 5.71. The van der Waals surface area contributed by atoms with E-state index in [0.717, 1.165) is 28.8 Å². The van der Waals surface area contributed by atoms with Gasteiger partial charge in [0, 0.05) is 29.1 Å². The maximum absolute atomic E-state index is 12.7. The first-order valence-corrected chi connectivity index (χ1v) is 10.0.